The number of rotatable bonds is 4. The van der Waals surface area contributed by atoms with E-state index in [0.717, 1.165) is 29.6 Å². The Bertz CT molecular complexity index is 361. The van der Waals surface area contributed by atoms with Gasteiger partial charge in [0.25, 0.3) is 0 Å². The molecule has 0 amide bonds. The summed E-state index contributed by atoms with van der Waals surface area (Å²) in [6, 6.07) is 6.82. The number of hydrogen-bond acceptors (Lipinski definition) is 2. The fourth-order valence-electron chi connectivity index (χ4n) is 2.00. The van der Waals surface area contributed by atoms with Gasteiger partial charge in [-0.25, -0.2) is 0 Å². The van der Waals surface area contributed by atoms with Crippen molar-refractivity contribution in [3.8, 4) is 5.75 Å². The standard InChI is InChI=1S/C13H18BrNO/c1-3-15-10-7-12(8-10)16-11-4-5-13(14)9(2)6-11/h4-6,10,12,15H,3,7-8H2,1-2H3. The van der Waals surface area contributed by atoms with E-state index >= 15 is 0 Å². The first-order valence-electron chi connectivity index (χ1n) is 5.85. The smallest absolute Gasteiger partial charge is 0.120 e. The SMILES string of the molecule is CCNC1CC(Oc2ccc(Br)c(C)c2)C1. The molecule has 1 aromatic rings. The summed E-state index contributed by atoms with van der Waals surface area (Å²) in [5.74, 6) is 0.987. The highest BCUT2D eigenvalue weighted by Crippen LogP contribution is 2.28. The average molecular weight is 284 g/mol. The second-order valence-electron chi connectivity index (χ2n) is 4.38. The van der Waals surface area contributed by atoms with Crippen LogP contribution in [0.3, 0.4) is 0 Å². The van der Waals surface area contributed by atoms with Gasteiger partial charge in [0, 0.05) is 10.5 Å². The molecule has 2 rings (SSSR count). The van der Waals surface area contributed by atoms with E-state index in [-0.39, 0.29) is 0 Å². The summed E-state index contributed by atoms with van der Waals surface area (Å²) in [6.07, 6.45) is 2.65. The quantitative estimate of drug-likeness (QED) is 0.916. The van der Waals surface area contributed by atoms with Crippen LogP contribution in [0.25, 0.3) is 0 Å². The molecule has 0 saturated heterocycles. The first-order chi connectivity index (χ1) is 7.69. The van der Waals surface area contributed by atoms with Gasteiger partial charge in [-0.2, -0.15) is 0 Å². The molecule has 0 aromatic heterocycles. The topological polar surface area (TPSA) is 21.3 Å². The van der Waals surface area contributed by atoms with Gasteiger partial charge in [0.2, 0.25) is 0 Å². The van der Waals surface area contributed by atoms with E-state index in [2.05, 4.69) is 41.2 Å². The molecule has 1 fully saturated rings. The Hall–Kier alpha value is -0.540. The Morgan fingerprint density at radius 1 is 1.44 bits per heavy atom. The number of hydrogen-bond donors (Lipinski definition) is 1. The monoisotopic (exact) mass is 283 g/mol. The molecular formula is C13H18BrNO. The zero-order chi connectivity index (χ0) is 11.5. The van der Waals surface area contributed by atoms with Gasteiger partial charge in [-0.15, -0.1) is 0 Å². The van der Waals surface area contributed by atoms with E-state index < -0.39 is 0 Å². The summed E-state index contributed by atoms with van der Waals surface area (Å²) in [5.41, 5.74) is 1.22. The van der Waals surface area contributed by atoms with Crippen molar-refractivity contribution in [2.45, 2.75) is 38.8 Å². The van der Waals surface area contributed by atoms with Crippen molar-refractivity contribution in [3.05, 3.63) is 28.2 Å². The van der Waals surface area contributed by atoms with Gasteiger partial charge >= 0.3 is 0 Å². The maximum Gasteiger partial charge on any atom is 0.120 e. The number of halogens is 1. The molecule has 0 atom stereocenters. The van der Waals surface area contributed by atoms with Crippen LogP contribution in [-0.2, 0) is 0 Å². The summed E-state index contributed by atoms with van der Waals surface area (Å²) in [7, 11) is 0. The molecule has 0 spiro atoms. The van der Waals surface area contributed by atoms with Crippen molar-refractivity contribution >= 4 is 15.9 Å². The summed E-state index contributed by atoms with van der Waals surface area (Å²) in [5, 5.41) is 3.43. The van der Waals surface area contributed by atoms with Crippen molar-refractivity contribution < 1.29 is 4.74 Å². The lowest BCUT2D eigenvalue weighted by Gasteiger charge is -2.35. The van der Waals surface area contributed by atoms with Crippen LogP contribution >= 0.6 is 15.9 Å². The lowest BCUT2D eigenvalue weighted by atomic mass is 9.89. The first kappa shape index (κ1) is 11.9. The van der Waals surface area contributed by atoms with Gasteiger partial charge in [-0.05, 0) is 50.1 Å². The molecule has 0 heterocycles. The lowest BCUT2D eigenvalue weighted by Crippen LogP contribution is -2.46. The molecule has 3 heteroatoms. The van der Waals surface area contributed by atoms with Crippen LogP contribution in [0.1, 0.15) is 25.3 Å². The number of nitrogens with one attached hydrogen (secondary N) is 1. The number of ether oxygens (including phenoxy) is 1. The minimum absolute atomic E-state index is 0.393. The minimum atomic E-state index is 0.393. The third-order valence-corrected chi connectivity index (χ3v) is 3.91. The van der Waals surface area contributed by atoms with Crippen LogP contribution in [0.2, 0.25) is 0 Å². The Kier molecular flexibility index (Phi) is 3.87. The van der Waals surface area contributed by atoms with Crippen LogP contribution in [0.4, 0.5) is 0 Å². The fourth-order valence-corrected chi connectivity index (χ4v) is 2.25. The van der Waals surface area contributed by atoms with E-state index in [1.807, 2.05) is 12.1 Å². The van der Waals surface area contributed by atoms with Crippen molar-refractivity contribution in [2.75, 3.05) is 6.54 Å². The highest BCUT2D eigenvalue weighted by atomic mass is 79.9. The number of benzene rings is 1. The predicted molar refractivity (Wildman–Crippen MR) is 70.0 cm³/mol. The molecule has 2 nitrogen and oxygen atoms in total. The first-order valence-corrected chi connectivity index (χ1v) is 6.64. The summed E-state index contributed by atoms with van der Waals surface area (Å²) in [6.45, 7) is 5.28. The van der Waals surface area contributed by atoms with Crippen LogP contribution in [0, 0.1) is 6.92 Å². The molecule has 1 aliphatic carbocycles. The minimum Gasteiger partial charge on any atom is -0.490 e. The molecule has 0 unspecified atom stereocenters. The zero-order valence-electron chi connectivity index (χ0n) is 9.79. The molecule has 1 saturated carbocycles. The van der Waals surface area contributed by atoms with E-state index in [4.69, 9.17) is 4.74 Å². The molecule has 0 aliphatic heterocycles. The molecule has 0 bridgehead atoms. The summed E-state index contributed by atoms with van der Waals surface area (Å²) >= 11 is 3.49. The highest BCUT2D eigenvalue weighted by molar-refractivity contribution is 9.10. The van der Waals surface area contributed by atoms with Crippen molar-refractivity contribution in [2.24, 2.45) is 0 Å². The van der Waals surface area contributed by atoms with Crippen LogP contribution in [0.5, 0.6) is 5.75 Å². The molecule has 1 aliphatic rings. The molecule has 0 radical (unpaired) electrons. The van der Waals surface area contributed by atoms with Crippen molar-refractivity contribution in [1.29, 1.82) is 0 Å². The zero-order valence-corrected chi connectivity index (χ0v) is 11.4. The second kappa shape index (κ2) is 5.19. The van der Waals surface area contributed by atoms with Crippen LogP contribution < -0.4 is 10.1 Å². The van der Waals surface area contributed by atoms with E-state index in [1.165, 1.54) is 5.56 Å². The van der Waals surface area contributed by atoms with Gasteiger partial charge in [-0.1, -0.05) is 22.9 Å². The molecular weight excluding hydrogens is 266 g/mol. The fraction of sp³-hybridized carbons (Fsp3) is 0.538. The van der Waals surface area contributed by atoms with Crippen LogP contribution in [-0.4, -0.2) is 18.7 Å². The molecule has 16 heavy (non-hydrogen) atoms. The van der Waals surface area contributed by atoms with Crippen molar-refractivity contribution in [3.63, 3.8) is 0 Å². The number of aryl methyl sites for hydroxylation is 1. The lowest BCUT2D eigenvalue weighted by molar-refractivity contribution is 0.0859. The normalized spacial score (nSPS) is 23.9. The van der Waals surface area contributed by atoms with Crippen molar-refractivity contribution in [1.82, 2.24) is 5.32 Å². The largest absolute Gasteiger partial charge is 0.490 e. The summed E-state index contributed by atoms with van der Waals surface area (Å²) in [4.78, 5) is 0. The molecule has 1 aromatic carbocycles. The Morgan fingerprint density at radius 3 is 2.81 bits per heavy atom. The van der Waals surface area contributed by atoms with Crippen LogP contribution in [0.15, 0.2) is 22.7 Å². The Morgan fingerprint density at radius 2 is 2.19 bits per heavy atom. The third kappa shape index (κ3) is 2.77. The molecule has 88 valence electrons. The van der Waals surface area contributed by atoms with Gasteiger partial charge in [0.1, 0.15) is 11.9 Å². The maximum atomic E-state index is 5.90. The Balaban J connectivity index is 1.84. The third-order valence-electron chi connectivity index (χ3n) is 3.02. The van der Waals surface area contributed by atoms with E-state index in [1.54, 1.807) is 0 Å². The highest BCUT2D eigenvalue weighted by Gasteiger charge is 2.29. The second-order valence-corrected chi connectivity index (χ2v) is 5.23. The van der Waals surface area contributed by atoms with E-state index in [9.17, 15) is 0 Å². The maximum absolute atomic E-state index is 5.90. The van der Waals surface area contributed by atoms with Gasteiger partial charge in [-0.3, -0.25) is 0 Å². The average Bonchev–Trinajstić information content (AvgIpc) is 2.20. The van der Waals surface area contributed by atoms with Gasteiger partial charge < -0.3 is 10.1 Å². The molecule has 1 N–H and O–H groups in total. The van der Waals surface area contributed by atoms with Gasteiger partial charge in [0.05, 0.1) is 0 Å². The van der Waals surface area contributed by atoms with E-state index in [0.29, 0.717) is 12.1 Å². The van der Waals surface area contributed by atoms with Gasteiger partial charge in [0.15, 0.2) is 0 Å². The Labute approximate surface area is 106 Å². The summed E-state index contributed by atoms with van der Waals surface area (Å²) < 4.78 is 7.04. The predicted octanol–water partition coefficient (Wildman–Crippen LogP) is 3.28.